The highest BCUT2D eigenvalue weighted by molar-refractivity contribution is 7.99. The second-order valence-corrected chi connectivity index (χ2v) is 14.3. The van der Waals surface area contributed by atoms with Crippen molar-refractivity contribution in [2.45, 2.75) is 51.1 Å². The van der Waals surface area contributed by atoms with Gasteiger partial charge in [0, 0.05) is 24.9 Å². The highest BCUT2D eigenvalue weighted by Crippen LogP contribution is 2.23. The van der Waals surface area contributed by atoms with Crippen LogP contribution >= 0.6 is 23.5 Å². The zero-order chi connectivity index (χ0) is 35.0. The lowest BCUT2D eigenvalue weighted by Crippen LogP contribution is -2.51. The topological polar surface area (TPSA) is 87.7 Å². The van der Waals surface area contributed by atoms with Crippen LogP contribution in [0.5, 0.6) is 0 Å². The van der Waals surface area contributed by atoms with Gasteiger partial charge in [0.15, 0.2) is 0 Å². The Labute approximate surface area is 300 Å². The number of nitrogens with zero attached hydrogens (tertiary/aromatic N) is 1. The number of nitrogens with one attached hydrogen (secondary N) is 2. The summed E-state index contributed by atoms with van der Waals surface area (Å²) in [7, 11) is 1.34. The summed E-state index contributed by atoms with van der Waals surface area (Å²) in [5.74, 6) is 1.27. The van der Waals surface area contributed by atoms with E-state index < -0.39 is 12.0 Å². The summed E-state index contributed by atoms with van der Waals surface area (Å²) in [6.07, 6.45) is 3.33. The number of hydrogen-bond acceptors (Lipinski definition) is 7. The van der Waals surface area contributed by atoms with E-state index in [9.17, 15) is 14.4 Å². The Bertz CT molecular complexity index is 1630. The van der Waals surface area contributed by atoms with Crippen LogP contribution in [0.3, 0.4) is 0 Å². The summed E-state index contributed by atoms with van der Waals surface area (Å²) in [5, 5.41) is 8.46. The SMILES string of the molecule is CCC(C)C(CN(CC(=O)NC(CCSC)C(=O)OC)Cc1cccc2ccccc12)NC(=O)CSCc1ccc(-c2ccccc2)cc1. The van der Waals surface area contributed by atoms with E-state index in [-0.39, 0.29) is 30.3 Å². The number of fused-ring (bicyclic) bond motifs is 1. The molecule has 49 heavy (non-hydrogen) atoms. The summed E-state index contributed by atoms with van der Waals surface area (Å²) in [6, 6.07) is 32.3. The van der Waals surface area contributed by atoms with Crippen molar-refractivity contribution in [2.75, 3.05) is 38.0 Å². The van der Waals surface area contributed by atoms with Gasteiger partial charge in [-0.2, -0.15) is 11.8 Å². The molecule has 0 heterocycles. The molecule has 0 aliphatic rings. The van der Waals surface area contributed by atoms with E-state index in [0.717, 1.165) is 34.3 Å². The number of amides is 2. The Morgan fingerprint density at radius 2 is 1.53 bits per heavy atom. The largest absolute Gasteiger partial charge is 0.467 e. The number of esters is 1. The molecule has 4 aromatic carbocycles. The summed E-state index contributed by atoms with van der Waals surface area (Å²) >= 11 is 3.21. The Morgan fingerprint density at radius 3 is 2.24 bits per heavy atom. The molecule has 0 spiro atoms. The van der Waals surface area contributed by atoms with Gasteiger partial charge >= 0.3 is 5.97 Å². The predicted octanol–water partition coefficient (Wildman–Crippen LogP) is 7.18. The molecule has 0 bridgehead atoms. The van der Waals surface area contributed by atoms with Crippen molar-refractivity contribution in [1.82, 2.24) is 15.5 Å². The average Bonchev–Trinajstić information content (AvgIpc) is 3.13. The van der Waals surface area contributed by atoms with E-state index in [1.54, 1.807) is 23.5 Å². The van der Waals surface area contributed by atoms with Gasteiger partial charge in [-0.3, -0.25) is 14.5 Å². The lowest BCUT2D eigenvalue weighted by atomic mass is 9.97. The van der Waals surface area contributed by atoms with Gasteiger partial charge in [-0.1, -0.05) is 117 Å². The van der Waals surface area contributed by atoms with Crippen LogP contribution in [-0.4, -0.2) is 72.7 Å². The minimum absolute atomic E-state index is 0.0198. The molecule has 0 fully saturated rings. The molecule has 3 atom stereocenters. The number of carbonyl (C=O) groups is 3. The monoisotopic (exact) mass is 699 g/mol. The second kappa shape index (κ2) is 20.0. The maximum Gasteiger partial charge on any atom is 0.328 e. The number of thioether (sulfide) groups is 2. The van der Waals surface area contributed by atoms with E-state index >= 15 is 0 Å². The number of benzene rings is 4. The molecule has 4 rings (SSSR count). The highest BCUT2D eigenvalue weighted by atomic mass is 32.2. The van der Waals surface area contributed by atoms with Crippen LogP contribution in [-0.2, 0) is 31.4 Å². The molecule has 260 valence electrons. The van der Waals surface area contributed by atoms with Gasteiger partial charge in [0.1, 0.15) is 6.04 Å². The predicted molar refractivity (Wildman–Crippen MR) is 206 cm³/mol. The lowest BCUT2D eigenvalue weighted by molar-refractivity contribution is -0.145. The van der Waals surface area contributed by atoms with Gasteiger partial charge < -0.3 is 15.4 Å². The van der Waals surface area contributed by atoms with Crippen LogP contribution in [0.15, 0.2) is 97.1 Å². The van der Waals surface area contributed by atoms with Crippen LogP contribution in [0.2, 0.25) is 0 Å². The third-order valence-electron chi connectivity index (χ3n) is 8.77. The Kier molecular flexibility index (Phi) is 15.5. The summed E-state index contributed by atoms with van der Waals surface area (Å²) in [6.45, 7) is 5.33. The smallest absolute Gasteiger partial charge is 0.328 e. The number of ether oxygens (including phenoxy) is 1. The fraction of sp³-hybridized carbons (Fsp3) is 0.375. The molecule has 0 aliphatic heterocycles. The molecular weight excluding hydrogens is 651 g/mol. The third-order valence-corrected chi connectivity index (χ3v) is 10.4. The first-order chi connectivity index (χ1) is 23.8. The Balaban J connectivity index is 1.43. The number of carbonyl (C=O) groups excluding carboxylic acids is 3. The minimum atomic E-state index is -0.707. The molecule has 4 aromatic rings. The normalized spacial score (nSPS) is 13.1. The second-order valence-electron chi connectivity index (χ2n) is 12.3. The van der Waals surface area contributed by atoms with Crippen molar-refractivity contribution in [3.63, 3.8) is 0 Å². The van der Waals surface area contributed by atoms with E-state index in [0.29, 0.717) is 25.3 Å². The van der Waals surface area contributed by atoms with Crippen LogP contribution < -0.4 is 10.6 Å². The number of methoxy groups -OCH3 is 1. The summed E-state index contributed by atoms with van der Waals surface area (Å²) in [5.41, 5.74) is 4.63. The first kappa shape index (κ1) is 38.0. The molecule has 0 aromatic heterocycles. The van der Waals surface area contributed by atoms with Gasteiger partial charge in [-0.15, -0.1) is 11.8 Å². The van der Waals surface area contributed by atoms with Crippen molar-refractivity contribution in [3.05, 3.63) is 108 Å². The van der Waals surface area contributed by atoms with E-state index in [4.69, 9.17) is 4.74 Å². The molecule has 0 saturated carbocycles. The van der Waals surface area contributed by atoms with Crippen molar-refractivity contribution in [3.8, 4) is 11.1 Å². The molecule has 2 amide bonds. The van der Waals surface area contributed by atoms with Gasteiger partial charge in [0.25, 0.3) is 0 Å². The molecule has 7 nitrogen and oxygen atoms in total. The molecule has 2 N–H and O–H groups in total. The quantitative estimate of drug-likeness (QED) is 0.100. The van der Waals surface area contributed by atoms with Crippen LogP contribution in [0.4, 0.5) is 0 Å². The zero-order valence-electron chi connectivity index (χ0n) is 29.0. The van der Waals surface area contributed by atoms with E-state index in [2.05, 4.69) is 90.0 Å². The third kappa shape index (κ3) is 11.9. The zero-order valence-corrected chi connectivity index (χ0v) is 30.7. The van der Waals surface area contributed by atoms with Crippen LogP contribution in [0.25, 0.3) is 21.9 Å². The molecule has 3 unspecified atom stereocenters. The fourth-order valence-electron chi connectivity index (χ4n) is 5.79. The molecule has 0 aliphatic carbocycles. The van der Waals surface area contributed by atoms with Gasteiger partial charge in [0.05, 0.1) is 19.4 Å². The maximum atomic E-state index is 13.5. The number of hydrogen-bond donors (Lipinski definition) is 2. The Morgan fingerprint density at radius 1 is 0.837 bits per heavy atom. The van der Waals surface area contributed by atoms with Crippen molar-refractivity contribution >= 4 is 52.1 Å². The average molecular weight is 700 g/mol. The minimum Gasteiger partial charge on any atom is -0.467 e. The van der Waals surface area contributed by atoms with E-state index in [1.807, 2.05) is 42.7 Å². The molecule has 9 heteroatoms. The van der Waals surface area contributed by atoms with Crippen molar-refractivity contribution in [2.24, 2.45) is 5.92 Å². The van der Waals surface area contributed by atoms with Crippen LogP contribution in [0.1, 0.15) is 37.8 Å². The van der Waals surface area contributed by atoms with Gasteiger partial charge in [-0.25, -0.2) is 4.79 Å². The first-order valence-corrected chi connectivity index (χ1v) is 19.4. The van der Waals surface area contributed by atoms with Gasteiger partial charge in [-0.05, 0) is 57.4 Å². The maximum absolute atomic E-state index is 13.5. The fourth-order valence-corrected chi connectivity index (χ4v) is 7.06. The van der Waals surface area contributed by atoms with Crippen LogP contribution in [0, 0.1) is 5.92 Å². The summed E-state index contributed by atoms with van der Waals surface area (Å²) < 4.78 is 4.97. The standard InChI is InChI=1S/C40H49N3O4S2/c1-5-29(2)37(42-39(45)28-49-27-30-18-20-32(21-19-30)31-12-7-6-8-13-31)25-43(24-34-16-11-15-33-14-9-10-17-35(33)34)26-38(44)41-36(22-23-48-4)40(46)47-3/h6-21,29,36-37H,5,22-28H2,1-4H3,(H,41,44)(H,42,45). The molecular formula is C40H49N3O4S2. The first-order valence-electron chi connectivity index (χ1n) is 16.9. The Hall–Kier alpha value is -3.79. The number of rotatable bonds is 19. The van der Waals surface area contributed by atoms with Gasteiger partial charge in [0.2, 0.25) is 11.8 Å². The summed E-state index contributed by atoms with van der Waals surface area (Å²) in [4.78, 5) is 41.3. The van der Waals surface area contributed by atoms with E-state index in [1.165, 1.54) is 23.8 Å². The lowest BCUT2D eigenvalue weighted by Gasteiger charge is -2.31. The highest BCUT2D eigenvalue weighted by Gasteiger charge is 2.26. The van der Waals surface area contributed by atoms with Crippen molar-refractivity contribution < 1.29 is 19.1 Å². The van der Waals surface area contributed by atoms with Crippen molar-refractivity contribution in [1.29, 1.82) is 0 Å². The molecule has 0 saturated heterocycles. The molecule has 0 radical (unpaired) electrons.